The molecule has 0 amide bonds. The smallest absolute Gasteiger partial charge is 0.222 e. The topological polar surface area (TPSA) is 75.3 Å². The normalized spacial score (nSPS) is 21.1. The van der Waals surface area contributed by atoms with E-state index in [4.69, 9.17) is 5.73 Å². The first-order valence-corrected chi connectivity index (χ1v) is 6.14. The molecule has 1 aromatic heterocycles. The summed E-state index contributed by atoms with van der Waals surface area (Å²) >= 11 is 3.42. The number of halogens is 1. The highest BCUT2D eigenvalue weighted by atomic mass is 79.9. The molecule has 1 atom stereocenters. The van der Waals surface area contributed by atoms with E-state index in [1.807, 2.05) is 0 Å². The minimum atomic E-state index is 0.231. The summed E-state index contributed by atoms with van der Waals surface area (Å²) in [4.78, 5) is 10.3. The van der Waals surface area contributed by atoms with Crippen LogP contribution in [0.25, 0.3) is 0 Å². The number of nitrogens with zero attached hydrogens (tertiary/aromatic N) is 3. The standard InChI is InChI=1S/C10H15BrN4O/c11-8-4-13-10(12)14-9(8)15-3-1-2-7(5-15)6-16/h4,7,16H,1-3,5-6H2,(H2,12,13,14). The number of aliphatic hydroxyl groups is 1. The zero-order valence-corrected chi connectivity index (χ0v) is 10.5. The van der Waals surface area contributed by atoms with Gasteiger partial charge in [-0.2, -0.15) is 4.98 Å². The molecule has 0 aliphatic carbocycles. The van der Waals surface area contributed by atoms with Crippen molar-refractivity contribution in [3.05, 3.63) is 10.7 Å². The van der Waals surface area contributed by atoms with Gasteiger partial charge in [0.15, 0.2) is 0 Å². The Morgan fingerprint density at radius 2 is 2.44 bits per heavy atom. The Balaban J connectivity index is 2.19. The molecule has 3 N–H and O–H groups in total. The van der Waals surface area contributed by atoms with Crippen LogP contribution in [0.4, 0.5) is 11.8 Å². The SMILES string of the molecule is Nc1ncc(Br)c(N2CCCC(CO)C2)n1. The second-order valence-corrected chi connectivity index (χ2v) is 4.89. The van der Waals surface area contributed by atoms with E-state index in [2.05, 4.69) is 30.8 Å². The maximum atomic E-state index is 9.18. The van der Waals surface area contributed by atoms with Crippen LogP contribution in [-0.4, -0.2) is 34.8 Å². The van der Waals surface area contributed by atoms with E-state index in [0.717, 1.165) is 36.2 Å². The predicted octanol–water partition coefficient (Wildman–Crippen LogP) is 1.03. The van der Waals surface area contributed by atoms with Crippen LogP contribution < -0.4 is 10.6 Å². The van der Waals surface area contributed by atoms with Gasteiger partial charge in [0.2, 0.25) is 5.95 Å². The summed E-state index contributed by atoms with van der Waals surface area (Å²) in [6.45, 7) is 2.01. The van der Waals surface area contributed by atoms with Crippen molar-refractivity contribution in [1.82, 2.24) is 9.97 Å². The van der Waals surface area contributed by atoms with Crippen LogP contribution in [0.2, 0.25) is 0 Å². The van der Waals surface area contributed by atoms with Crippen molar-refractivity contribution in [2.75, 3.05) is 30.3 Å². The van der Waals surface area contributed by atoms with Crippen molar-refractivity contribution in [2.45, 2.75) is 12.8 Å². The zero-order chi connectivity index (χ0) is 11.5. The average Bonchev–Trinajstić information content (AvgIpc) is 2.32. The molecular weight excluding hydrogens is 272 g/mol. The molecule has 16 heavy (non-hydrogen) atoms. The summed E-state index contributed by atoms with van der Waals surface area (Å²) in [5, 5.41) is 9.18. The molecule has 0 saturated carbocycles. The highest BCUT2D eigenvalue weighted by Gasteiger charge is 2.22. The molecule has 1 fully saturated rings. The molecule has 1 unspecified atom stereocenters. The Bertz CT molecular complexity index is 374. The van der Waals surface area contributed by atoms with Crippen molar-refractivity contribution < 1.29 is 5.11 Å². The average molecular weight is 287 g/mol. The minimum absolute atomic E-state index is 0.231. The number of rotatable bonds is 2. The molecule has 88 valence electrons. The fraction of sp³-hybridized carbons (Fsp3) is 0.600. The number of nitrogens with two attached hydrogens (primary N) is 1. The van der Waals surface area contributed by atoms with Gasteiger partial charge in [0.1, 0.15) is 5.82 Å². The molecule has 0 radical (unpaired) electrons. The third-order valence-corrected chi connectivity index (χ3v) is 3.38. The summed E-state index contributed by atoms with van der Waals surface area (Å²) in [6.07, 6.45) is 3.81. The number of aromatic nitrogens is 2. The fourth-order valence-electron chi connectivity index (χ4n) is 2.00. The van der Waals surface area contributed by atoms with Gasteiger partial charge in [-0.05, 0) is 34.7 Å². The molecule has 2 rings (SSSR count). The molecule has 6 heteroatoms. The molecule has 0 bridgehead atoms. The first kappa shape index (κ1) is 11.6. The van der Waals surface area contributed by atoms with E-state index in [-0.39, 0.29) is 12.6 Å². The largest absolute Gasteiger partial charge is 0.396 e. The Labute approximate surface area is 103 Å². The van der Waals surface area contributed by atoms with E-state index >= 15 is 0 Å². The number of anilines is 2. The second-order valence-electron chi connectivity index (χ2n) is 4.04. The second kappa shape index (κ2) is 4.97. The zero-order valence-electron chi connectivity index (χ0n) is 8.93. The summed E-state index contributed by atoms with van der Waals surface area (Å²) in [5.74, 6) is 1.44. The van der Waals surface area contributed by atoms with Crippen molar-refractivity contribution in [3.63, 3.8) is 0 Å². The third kappa shape index (κ3) is 2.44. The summed E-state index contributed by atoms with van der Waals surface area (Å²) in [7, 11) is 0. The maximum absolute atomic E-state index is 9.18. The molecule has 1 aliphatic rings. The lowest BCUT2D eigenvalue weighted by atomic mass is 9.99. The predicted molar refractivity (Wildman–Crippen MR) is 66.2 cm³/mol. The van der Waals surface area contributed by atoms with Crippen LogP contribution in [0, 0.1) is 5.92 Å². The first-order valence-electron chi connectivity index (χ1n) is 5.34. The third-order valence-electron chi connectivity index (χ3n) is 2.82. The Kier molecular flexibility index (Phi) is 3.60. The maximum Gasteiger partial charge on any atom is 0.222 e. The van der Waals surface area contributed by atoms with Gasteiger partial charge in [0.25, 0.3) is 0 Å². The summed E-state index contributed by atoms with van der Waals surface area (Å²) in [5.41, 5.74) is 5.58. The molecule has 5 nitrogen and oxygen atoms in total. The van der Waals surface area contributed by atoms with Crippen LogP contribution in [0.15, 0.2) is 10.7 Å². The quantitative estimate of drug-likeness (QED) is 0.849. The molecule has 0 spiro atoms. The van der Waals surface area contributed by atoms with Crippen molar-refractivity contribution in [3.8, 4) is 0 Å². The summed E-state index contributed by atoms with van der Waals surface area (Å²) < 4.78 is 0.847. The lowest BCUT2D eigenvalue weighted by Gasteiger charge is -2.33. The van der Waals surface area contributed by atoms with Crippen molar-refractivity contribution in [1.29, 1.82) is 0 Å². The monoisotopic (exact) mass is 286 g/mol. The Hall–Kier alpha value is -0.880. The van der Waals surface area contributed by atoms with Gasteiger partial charge >= 0.3 is 0 Å². The van der Waals surface area contributed by atoms with E-state index in [9.17, 15) is 5.11 Å². The highest BCUT2D eigenvalue weighted by molar-refractivity contribution is 9.10. The van der Waals surface area contributed by atoms with Gasteiger partial charge in [0.05, 0.1) is 4.47 Å². The fourth-order valence-corrected chi connectivity index (χ4v) is 2.44. The van der Waals surface area contributed by atoms with E-state index < -0.39 is 0 Å². The summed E-state index contributed by atoms with van der Waals surface area (Å²) in [6, 6.07) is 0. The number of nitrogen functional groups attached to an aromatic ring is 1. The van der Waals surface area contributed by atoms with Gasteiger partial charge in [-0.15, -0.1) is 0 Å². The molecule has 0 aromatic carbocycles. The Morgan fingerprint density at radius 3 is 3.19 bits per heavy atom. The Morgan fingerprint density at radius 1 is 1.62 bits per heavy atom. The van der Waals surface area contributed by atoms with Crippen LogP contribution in [0.3, 0.4) is 0 Å². The van der Waals surface area contributed by atoms with Crippen molar-refractivity contribution in [2.24, 2.45) is 5.92 Å². The number of hydrogen-bond acceptors (Lipinski definition) is 5. The van der Waals surface area contributed by atoms with Gasteiger partial charge in [-0.3, -0.25) is 0 Å². The molecule has 1 aromatic rings. The number of hydrogen-bond donors (Lipinski definition) is 2. The number of aliphatic hydroxyl groups excluding tert-OH is 1. The first-order chi connectivity index (χ1) is 7.70. The van der Waals surface area contributed by atoms with Gasteiger partial charge in [-0.1, -0.05) is 0 Å². The molecule has 1 saturated heterocycles. The van der Waals surface area contributed by atoms with Gasteiger partial charge < -0.3 is 15.7 Å². The lowest BCUT2D eigenvalue weighted by molar-refractivity contribution is 0.208. The highest BCUT2D eigenvalue weighted by Crippen LogP contribution is 2.27. The molecule has 2 heterocycles. The van der Waals surface area contributed by atoms with Crippen LogP contribution in [0.5, 0.6) is 0 Å². The van der Waals surface area contributed by atoms with Crippen LogP contribution >= 0.6 is 15.9 Å². The van der Waals surface area contributed by atoms with Crippen molar-refractivity contribution >= 4 is 27.7 Å². The van der Waals surface area contributed by atoms with Crippen LogP contribution in [0.1, 0.15) is 12.8 Å². The van der Waals surface area contributed by atoms with E-state index in [0.29, 0.717) is 5.92 Å². The minimum Gasteiger partial charge on any atom is -0.396 e. The molecule has 1 aliphatic heterocycles. The van der Waals surface area contributed by atoms with E-state index in [1.54, 1.807) is 6.20 Å². The van der Waals surface area contributed by atoms with Crippen LogP contribution in [-0.2, 0) is 0 Å². The lowest BCUT2D eigenvalue weighted by Crippen LogP contribution is -2.37. The van der Waals surface area contributed by atoms with Gasteiger partial charge in [-0.25, -0.2) is 4.98 Å². The van der Waals surface area contributed by atoms with E-state index in [1.165, 1.54) is 0 Å². The molecular formula is C10H15BrN4O. The van der Waals surface area contributed by atoms with Gasteiger partial charge in [0, 0.05) is 25.9 Å². The number of piperidine rings is 1.